The molecule has 0 heterocycles. The monoisotopic (exact) mass is 300 g/mol. The lowest BCUT2D eigenvalue weighted by atomic mass is 10.2. The van der Waals surface area contributed by atoms with Crippen LogP contribution in [0.2, 0.25) is 0 Å². The predicted molar refractivity (Wildman–Crippen MR) is 78.5 cm³/mol. The van der Waals surface area contributed by atoms with Crippen molar-refractivity contribution in [1.29, 1.82) is 0 Å². The molecule has 0 aliphatic rings. The SMILES string of the molecule is CC[N+]([O-])(CCCl)CCCC[N+]([O-])(CC)CCCl. The topological polar surface area (TPSA) is 46.1 Å². The summed E-state index contributed by atoms with van der Waals surface area (Å²) in [5.41, 5.74) is 0. The van der Waals surface area contributed by atoms with Crippen LogP contribution in [0.5, 0.6) is 0 Å². The Bertz CT molecular complexity index is 200. The van der Waals surface area contributed by atoms with Crippen LogP contribution < -0.4 is 0 Å². The maximum absolute atomic E-state index is 12.1. The molecule has 0 aromatic heterocycles. The number of unbranched alkanes of at least 4 members (excludes halogenated alkanes) is 1. The van der Waals surface area contributed by atoms with E-state index in [0.29, 0.717) is 51.0 Å². The fourth-order valence-corrected chi connectivity index (χ4v) is 2.58. The summed E-state index contributed by atoms with van der Waals surface area (Å²) in [5.74, 6) is 0.778. The van der Waals surface area contributed by atoms with Crippen LogP contribution in [0.4, 0.5) is 0 Å². The van der Waals surface area contributed by atoms with Gasteiger partial charge in [-0.15, -0.1) is 23.2 Å². The molecule has 18 heavy (non-hydrogen) atoms. The molecule has 0 aliphatic carbocycles. The van der Waals surface area contributed by atoms with Gasteiger partial charge in [-0.25, -0.2) is 0 Å². The zero-order valence-electron chi connectivity index (χ0n) is 11.5. The van der Waals surface area contributed by atoms with Crippen molar-refractivity contribution in [3.63, 3.8) is 0 Å². The van der Waals surface area contributed by atoms with Gasteiger partial charge < -0.3 is 19.7 Å². The minimum Gasteiger partial charge on any atom is -0.633 e. The van der Waals surface area contributed by atoms with Crippen LogP contribution in [-0.2, 0) is 0 Å². The van der Waals surface area contributed by atoms with E-state index in [1.54, 1.807) is 0 Å². The average Bonchev–Trinajstić information content (AvgIpc) is 2.35. The molecule has 2 unspecified atom stereocenters. The molecular formula is C12H26Cl2N2O2. The molecule has 0 N–H and O–H groups in total. The van der Waals surface area contributed by atoms with Gasteiger partial charge in [0.1, 0.15) is 0 Å². The van der Waals surface area contributed by atoms with Crippen LogP contribution in [0, 0.1) is 10.4 Å². The molecule has 0 spiro atoms. The van der Waals surface area contributed by atoms with Gasteiger partial charge >= 0.3 is 0 Å². The van der Waals surface area contributed by atoms with E-state index in [2.05, 4.69) is 0 Å². The minimum atomic E-state index is -0.246. The van der Waals surface area contributed by atoms with Crippen molar-refractivity contribution in [2.75, 3.05) is 51.0 Å². The van der Waals surface area contributed by atoms with Gasteiger partial charge in [-0.05, 0) is 13.8 Å². The van der Waals surface area contributed by atoms with Gasteiger partial charge in [0.15, 0.2) is 0 Å². The lowest BCUT2D eigenvalue weighted by Gasteiger charge is -2.43. The van der Waals surface area contributed by atoms with Crippen LogP contribution in [-0.4, -0.2) is 60.3 Å². The third kappa shape index (κ3) is 7.12. The summed E-state index contributed by atoms with van der Waals surface area (Å²) in [6.45, 7) is 6.84. The van der Waals surface area contributed by atoms with E-state index >= 15 is 0 Å². The van der Waals surface area contributed by atoms with Gasteiger partial charge in [0, 0.05) is 12.8 Å². The van der Waals surface area contributed by atoms with Crippen molar-refractivity contribution in [2.45, 2.75) is 26.7 Å². The quantitative estimate of drug-likeness (QED) is 0.255. The van der Waals surface area contributed by atoms with Crippen molar-refractivity contribution in [2.24, 2.45) is 0 Å². The van der Waals surface area contributed by atoms with Crippen LogP contribution >= 0.6 is 23.2 Å². The van der Waals surface area contributed by atoms with Crippen molar-refractivity contribution in [3.8, 4) is 0 Å². The standard InChI is InChI=1S/C12H26Cl2N2O2/c1-3-15(17,11-7-13)9-5-6-10-16(18,4-2)12-8-14/h3-12H2,1-2H3. The first kappa shape index (κ1) is 18.4. The fourth-order valence-electron chi connectivity index (χ4n) is 1.96. The number of nitrogens with zero attached hydrogens (tertiary/aromatic N) is 2. The molecule has 0 aliphatic heterocycles. The Morgan fingerprint density at radius 1 is 0.722 bits per heavy atom. The molecule has 6 heteroatoms. The Hall–Kier alpha value is 0.420. The van der Waals surface area contributed by atoms with Crippen LogP contribution in [0.1, 0.15) is 26.7 Å². The molecule has 4 nitrogen and oxygen atoms in total. The number of hydrogen-bond donors (Lipinski definition) is 0. The minimum absolute atomic E-state index is 0.246. The largest absolute Gasteiger partial charge is 0.633 e. The molecule has 0 aromatic carbocycles. The van der Waals surface area contributed by atoms with E-state index in [1.165, 1.54) is 0 Å². The number of quaternary nitrogens is 2. The molecule has 0 radical (unpaired) electrons. The molecule has 110 valence electrons. The summed E-state index contributed by atoms with van der Waals surface area (Å²) in [6, 6.07) is 0. The van der Waals surface area contributed by atoms with Gasteiger partial charge in [-0.2, -0.15) is 0 Å². The molecule has 0 rings (SSSR count). The second kappa shape index (κ2) is 9.34. The summed E-state index contributed by atoms with van der Waals surface area (Å²) in [4.78, 5) is 0. The zero-order valence-corrected chi connectivity index (χ0v) is 13.0. The number of hydroxylamine groups is 6. The van der Waals surface area contributed by atoms with Crippen LogP contribution in [0.25, 0.3) is 0 Å². The van der Waals surface area contributed by atoms with Crippen molar-refractivity contribution in [3.05, 3.63) is 10.4 Å². The molecule has 2 atom stereocenters. The Morgan fingerprint density at radius 2 is 1.06 bits per heavy atom. The second-order valence-electron chi connectivity index (χ2n) is 4.73. The average molecular weight is 301 g/mol. The summed E-state index contributed by atoms with van der Waals surface area (Å²) in [6.07, 6.45) is 1.55. The van der Waals surface area contributed by atoms with Crippen molar-refractivity contribution in [1.82, 2.24) is 0 Å². The lowest BCUT2D eigenvalue weighted by molar-refractivity contribution is -0.883. The first-order chi connectivity index (χ1) is 8.45. The van der Waals surface area contributed by atoms with Gasteiger partial charge in [0.05, 0.1) is 51.0 Å². The zero-order chi connectivity index (χ0) is 14.1. The summed E-state index contributed by atoms with van der Waals surface area (Å²) in [7, 11) is 0. The Kier molecular flexibility index (Phi) is 9.56. The van der Waals surface area contributed by atoms with Gasteiger partial charge in [-0.3, -0.25) is 0 Å². The molecule has 0 amide bonds. The molecule has 0 aromatic rings. The van der Waals surface area contributed by atoms with Crippen molar-refractivity contribution < 1.29 is 9.29 Å². The number of hydrogen-bond acceptors (Lipinski definition) is 2. The van der Waals surface area contributed by atoms with Gasteiger partial charge in [0.2, 0.25) is 0 Å². The third-order valence-corrected chi connectivity index (χ3v) is 3.86. The summed E-state index contributed by atoms with van der Waals surface area (Å²) < 4.78 is -0.492. The molecular weight excluding hydrogens is 275 g/mol. The van der Waals surface area contributed by atoms with E-state index < -0.39 is 0 Å². The highest BCUT2D eigenvalue weighted by Gasteiger charge is 2.16. The normalized spacial score (nSPS) is 18.3. The third-order valence-electron chi connectivity index (χ3n) is 3.52. The molecule has 0 saturated carbocycles. The highest BCUT2D eigenvalue weighted by atomic mass is 35.5. The first-order valence-electron chi connectivity index (χ1n) is 6.71. The van der Waals surface area contributed by atoms with Crippen LogP contribution in [0.15, 0.2) is 0 Å². The van der Waals surface area contributed by atoms with Crippen molar-refractivity contribution >= 4 is 23.2 Å². The Balaban J connectivity index is 3.96. The van der Waals surface area contributed by atoms with Gasteiger partial charge in [0.25, 0.3) is 0 Å². The van der Waals surface area contributed by atoms with E-state index in [4.69, 9.17) is 23.2 Å². The van der Waals surface area contributed by atoms with E-state index in [-0.39, 0.29) is 9.29 Å². The Morgan fingerprint density at radius 3 is 1.28 bits per heavy atom. The second-order valence-corrected chi connectivity index (χ2v) is 5.48. The molecule has 0 bridgehead atoms. The predicted octanol–water partition coefficient (Wildman–Crippen LogP) is 2.91. The first-order valence-corrected chi connectivity index (χ1v) is 7.78. The van der Waals surface area contributed by atoms with Crippen LogP contribution in [0.3, 0.4) is 0 Å². The van der Waals surface area contributed by atoms with E-state index in [0.717, 1.165) is 12.8 Å². The number of rotatable bonds is 11. The summed E-state index contributed by atoms with van der Waals surface area (Å²) >= 11 is 11.3. The van der Waals surface area contributed by atoms with E-state index in [1.807, 2.05) is 13.8 Å². The smallest absolute Gasteiger partial charge is 0.0921 e. The highest BCUT2D eigenvalue weighted by Crippen LogP contribution is 2.11. The number of alkyl halides is 2. The molecule has 0 fully saturated rings. The van der Waals surface area contributed by atoms with E-state index in [9.17, 15) is 10.4 Å². The summed E-state index contributed by atoms with van der Waals surface area (Å²) in [5, 5.41) is 24.3. The fraction of sp³-hybridized carbons (Fsp3) is 1.00. The lowest BCUT2D eigenvalue weighted by Crippen LogP contribution is -2.46. The highest BCUT2D eigenvalue weighted by molar-refractivity contribution is 6.18. The van der Waals surface area contributed by atoms with Gasteiger partial charge in [-0.1, -0.05) is 0 Å². The maximum atomic E-state index is 12.1. The Labute approximate surface area is 121 Å². The maximum Gasteiger partial charge on any atom is 0.0921 e. The molecule has 0 saturated heterocycles. The number of halogens is 2.